The number of amides is 2. The number of hydrogen-bond donors (Lipinski definition) is 2. The molecule has 1 aliphatic rings. The highest BCUT2D eigenvalue weighted by Gasteiger charge is 2.31. The van der Waals surface area contributed by atoms with E-state index in [0.717, 1.165) is 11.1 Å². The Labute approximate surface area is 181 Å². The third-order valence-electron chi connectivity index (χ3n) is 5.45. The summed E-state index contributed by atoms with van der Waals surface area (Å²) in [5.41, 5.74) is 1.98. The highest BCUT2D eigenvalue weighted by molar-refractivity contribution is 6.31. The fourth-order valence-corrected chi connectivity index (χ4v) is 4.03. The molecule has 0 saturated carbocycles. The van der Waals surface area contributed by atoms with Crippen LogP contribution in [0.25, 0.3) is 10.8 Å². The highest BCUT2D eigenvalue weighted by Crippen LogP contribution is 2.20. The van der Waals surface area contributed by atoms with Gasteiger partial charge in [-0.3, -0.25) is 14.5 Å². The molecule has 1 saturated heterocycles. The van der Waals surface area contributed by atoms with E-state index in [1.54, 1.807) is 6.07 Å². The van der Waals surface area contributed by atoms with Crippen LogP contribution in [0.4, 0.5) is 0 Å². The van der Waals surface area contributed by atoms with Crippen LogP contribution in [-0.2, 0) is 22.7 Å². The zero-order chi connectivity index (χ0) is 20.9. The fourth-order valence-electron chi connectivity index (χ4n) is 3.83. The number of halogens is 1. The van der Waals surface area contributed by atoms with Crippen LogP contribution < -0.4 is 10.6 Å². The molecule has 0 spiro atoms. The summed E-state index contributed by atoms with van der Waals surface area (Å²) in [4.78, 5) is 27.2. The second-order valence-electron chi connectivity index (χ2n) is 7.53. The van der Waals surface area contributed by atoms with Gasteiger partial charge in [0.2, 0.25) is 11.8 Å². The van der Waals surface area contributed by atoms with E-state index >= 15 is 0 Å². The van der Waals surface area contributed by atoms with Gasteiger partial charge in [-0.1, -0.05) is 66.2 Å². The molecule has 1 atom stereocenters. The lowest BCUT2D eigenvalue weighted by molar-refractivity contribution is -0.134. The molecule has 1 unspecified atom stereocenters. The Morgan fingerprint density at radius 3 is 2.67 bits per heavy atom. The maximum absolute atomic E-state index is 12.6. The molecular formula is C24H24ClN3O2. The molecule has 154 valence electrons. The van der Waals surface area contributed by atoms with E-state index in [1.807, 2.05) is 30.3 Å². The van der Waals surface area contributed by atoms with Crippen LogP contribution in [0.5, 0.6) is 0 Å². The zero-order valence-corrected chi connectivity index (χ0v) is 17.4. The average molecular weight is 422 g/mol. The second-order valence-corrected chi connectivity index (χ2v) is 7.94. The summed E-state index contributed by atoms with van der Waals surface area (Å²) >= 11 is 6.15. The Hall–Kier alpha value is -2.89. The summed E-state index contributed by atoms with van der Waals surface area (Å²) in [6, 6.07) is 21.5. The lowest BCUT2D eigenvalue weighted by atomic mass is 10.0. The minimum atomic E-state index is -0.489. The van der Waals surface area contributed by atoms with Gasteiger partial charge in [0.25, 0.3) is 0 Å². The third-order valence-corrected chi connectivity index (χ3v) is 5.82. The molecule has 0 bridgehead atoms. The number of fused-ring (bicyclic) bond motifs is 1. The van der Waals surface area contributed by atoms with Gasteiger partial charge in [-0.2, -0.15) is 0 Å². The summed E-state index contributed by atoms with van der Waals surface area (Å²) in [5.74, 6) is -0.268. The first-order valence-electron chi connectivity index (χ1n) is 10.1. The van der Waals surface area contributed by atoms with Gasteiger partial charge in [0, 0.05) is 31.2 Å². The average Bonchev–Trinajstić information content (AvgIpc) is 2.75. The number of carbonyl (C=O) groups excluding carboxylic acids is 2. The van der Waals surface area contributed by atoms with Crippen molar-refractivity contribution in [2.75, 3.05) is 13.1 Å². The molecule has 1 aliphatic heterocycles. The van der Waals surface area contributed by atoms with Crippen molar-refractivity contribution in [1.29, 1.82) is 0 Å². The summed E-state index contributed by atoms with van der Waals surface area (Å²) < 4.78 is 0. The third kappa shape index (κ3) is 4.81. The molecule has 3 aromatic carbocycles. The molecule has 3 aromatic rings. The summed E-state index contributed by atoms with van der Waals surface area (Å²) in [5, 5.41) is 8.75. The number of nitrogens with zero attached hydrogens (tertiary/aromatic N) is 1. The molecule has 0 aromatic heterocycles. The Bertz CT molecular complexity index is 1070. The van der Waals surface area contributed by atoms with Crippen molar-refractivity contribution in [3.63, 3.8) is 0 Å². The van der Waals surface area contributed by atoms with Crippen LogP contribution in [0.15, 0.2) is 66.7 Å². The summed E-state index contributed by atoms with van der Waals surface area (Å²) in [6.45, 7) is 2.27. The normalized spacial score (nSPS) is 17.0. The van der Waals surface area contributed by atoms with Crippen LogP contribution in [0.2, 0.25) is 5.02 Å². The van der Waals surface area contributed by atoms with Crippen LogP contribution in [0.3, 0.4) is 0 Å². The maximum Gasteiger partial charge on any atom is 0.237 e. The monoisotopic (exact) mass is 421 g/mol. The van der Waals surface area contributed by atoms with Crippen LogP contribution in [0.1, 0.15) is 17.5 Å². The smallest absolute Gasteiger partial charge is 0.237 e. The van der Waals surface area contributed by atoms with Crippen molar-refractivity contribution in [1.82, 2.24) is 15.5 Å². The Balaban J connectivity index is 1.42. The lowest BCUT2D eigenvalue weighted by Crippen LogP contribution is -2.56. The van der Waals surface area contributed by atoms with Crippen molar-refractivity contribution < 1.29 is 9.59 Å². The zero-order valence-electron chi connectivity index (χ0n) is 16.6. The number of rotatable bonds is 6. The van der Waals surface area contributed by atoms with Gasteiger partial charge in [-0.15, -0.1) is 0 Å². The number of hydrogen-bond acceptors (Lipinski definition) is 3. The van der Waals surface area contributed by atoms with E-state index in [2.05, 4.69) is 45.9 Å². The molecule has 2 N–H and O–H groups in total. The lowest BCUT2D eigenvalue weighted by Gasteiger charge is -2.34. The van der Waals surface area contributed by atoms with Crippen molar-refractivity contribution in [2.45, 2.75) is 25.6 Å². The molecule has 1 heterocycles. The first-order valence-corrected chi connectivity index (χ1v) is 10.5. The maximum atomic E-state index is 12.6. The predicted molar refractivity (Wildman–Crippen MR) is 119 cm³/mol. The van der Waals surface area contributed by atoms with Crippen LogP contribution in [-0.4, -0.2) is 35.8 Å². The molecule has 5 nitrogen and oxygen atoms in total. The van der Waals surface area contributed by atoms with Crippen molar-refractivity contribution in [2.24, 2.45) is 0 Å². The van der Waals surface area contributed by atoms with E-state index in [0.29, 0.717) is 31.2 Å². The topological polar surface area (TPSA) is 61.4 Å². The van der Waals surface area contributed by atoms with Gasteiger partial charge in [-0.05, 0) is 34.0 Å². The Morgan fingerprint density at radius 2 is 1.83 bits per heavy atom. The quantitative estimate of drug-likeness (QED) is 0.640. The van der Waals surface area contributed by atoms with Gasteiger partial charge >= 0.3 is 0 Å². The molecule has 0 radical (unpaired) electrons. The van der Waals surface area contributed by atoms with Gasteiger partial charge < -0.3 is 10.6 Å². The second kappa shape index (κ2) is 9.28. The first kappa shape index (κ1) is 20.4. The summed E-state index contributed by atoms with van der Waals surface area (Å²) in [7, 11) is 0. The fraction of sp³-hybridized carbons (Fsp3) is 0.250. The minimum absolute atomic E-state index is 0.102. The van der Waals surface area contributed by atoms with E-state index < -0.39 is 6.04 Å². The van der Waals surface area contributed by atoms with Gasteiger partial charge in [0.1, 0.15) is 0 Å². The largest absolute Gasteiger partial charge is 0.353 e. The Kier molecular flexibility index (Phi) is 6.31. The van der Waals surface area contributed by atoms with Gasteiger partial charge in [-0.25, -0.2) is 0 Å². The molecular weight excluding hydrogens is 398 g/mol. The minimum Gasteiger partial charge on any atom is -0.353 e. The number of piperazine rings is 1. The number of carbonyl (C=O) groups is 2. The SMILES string of the molecule is O=C(CC1C(=O)NCCN1Cc1ccc2ccccc2c1)NCc1ccccc1Cl. The van der Waals surface area contributed by atoms with E-state index in [4.69, 9.17) is 11.6 Å². The van der Waals surface area contributed by atoms with Gasteiger partial charge in [0.05, 0.1) is 12.5 Å². The molecule has 0 aliphatic carbocycles. The summed E-state index contributed by atoms with van der Waals surface area (Å²) in [6.07, 6.45) is 0.115. The van der Waals surface area contributed by atoms with Crippen LogP contribution >= 0.6 is 11.6 Å². The van der Waals surface area contributed by atoms with Crippen molar-refractivity contribution >= 4 is 34.2 Å². The first-order chi connectivity index (χ1) is 14.6. The highest BCUT2D eigenvalue weighted by atomic mass is 35.5. The van der Waals surface area contributed by atoms with Crippen molar-refractivity contribution in [3.8, 4) is 0 Å². The van der Waals surface area contributed by atoms with E-state index in [9.17, 15) is 9.59 Å². The van der Waals surface area contributed by atoms with E-state index in [-0.39, 0.29) is 18.2 Å². The van der Waals surface area contributed by atoms with Crippen LogP contribution in [0, 0.1) is 0 Å². The number of benzene rings is 3. The predicted octanol–water partition coefficient (Wildman–Crippen LogP) is 3.50. The Morgan fingerprint density at radius 1 is 1.07 bits per heavy atom. The van der Waals surface area contributed by atoms with E-state index in [1.165, 1.54) is 10.8 Å². The number of nitrogens with one attached hydrogen (secondary N) is 2. The molecule has 30 heavy (non-hydrogen) atoms. The standard InChI is InChI=1S/C24H24ClN3O2/c25-21-8-4-3-7-20(21)15-27-23(29)14-22-24(30)26-11-12-28(22)16-17-9-10-18-5-1-2-6-19(18)13-17/h1-10,13,22H,11-12,14-16H2,(H,26,30)(H,27,29). The van der Waals surface area contributed by atoms with Gasteiger partial charge in [0.15, 0.2) is 0 Å². The molecule has 6 heteroatoms. The molecule has 4 rings (SSSR count). The molecule has 2 amide bonds. The molecule has 1 fully saturated rings. The van der Waals surface area contributed by atoms with Crippen molar-refractivity contribution in [3.05, 3.63) is 82.9 Å².